The number of hydrogen-bond acceptors (Lipinski definition) is 2. The van der Waals surface area contributed by atoms with Gasteiger partial charge in [-0.25, -0.2) is 0 Å². The molecule has 0 spiro atoms. The Labute approximate surface area is 55.0 Å². The summed E-state index contributed by atoms with van der Waals surface area (Å²) < 4.78 is 0. The van der Waals surface area contributed by atoms with Crippen molar-refractivity contribution in [2.45, 2.75) is 31.1 Å². The molecule has 1 nitrogen and oxygen atoms in total. The molecule has 1 fully saturated rings. The first kappa shape index (κ1) is 6.43. The molecule has 0 unspecified atom stereocenters. The number of nitrogens with two attached hydrogens (primary N) is 1. The SMILES string of the molecule is CCCSC1(N)CC1. The second kappa shape index (κ2) is 2.28. The summed E-state index contributed by atoms with van der Waals surface area (Å²) in [5, 5.41) is 0. The van der Waals surface area contributed by atoms with Crippen molar-refractivity contribution in [1.82, 2.24) is 0 Å². The molecule has 0 aliphatic heterocycles. The summed E-state index contributed by atoms with van der Waals surface area (Å²) in [7, 11) is 0. The topological polar surface area (TPSA) is 26.0 Å². The summed E-state index contributed by atoms with van der Waals surface area (Å²) in [5.74, 6) is 1.23. The third kappa shape index (κ3) is 1.67. The first-order valence-electron chi connectivity index (χ1n) is 3.20. The molecule has 0 bridgehead atoms. The molecule has 0 aromatic rings. The van der Waals surface area contributed by atoms with Crippen molar-refractivity contribution >= 4 is 11.8 Å². The molecule has 0 radical (unpaired) electrons. The summed E-state index contributed by atoms with van der Waals surface area (Å²) in [6.07, 6.45) is 3.72. The van der Waals surface area contributed by atoms with Crippen LogP contribution in [-0.4, -0.2) is 10.6 Å². The summed E-state index contributed by atoms with van der Waals surface area (Å²) in [5.41, 5.74) is 5.80. The number of hydrogen-bond donors (Lipinski definition) is 1. The minimum Gasteiger partial charge on any atom is -0.317 e. The van der Waals surface area contributed by atoms with Crippen LogP contribution < -0.4 is 5.73 Å². The third-order valence-electron chi connectivity index (χ3n) is 1.34. The summed E-state index contributed by atoms with van der Waals surface area (Å²) in [6.45, 7) is 2.19. The van der Waals surface area contributed by atoms with Gasteiger partial charge in [-0.15, -0.1) is 11.8 Å². The Balaban J connectivity index is 2.01. The second-order valence-electron chi connectivity index (χ2n) is 2.41. The van der Waals surface area contributed by atoms with Gasteiger partial charge in [-0.2, -0.15) is 0 Å². The predicted octanol–water partition coefficient (Wildman–Crippen LogP) is 1.58. The maximum absolute atomic E-state index is 5.80. The van der Waals surface area contributed by atoms with Crippen LogP contribution in [0.25, 0.3) is 0 Å². The molecular formula is C6H13NS. The van der Waals surface area contributed by atoms with Crippen molar-refractivity contribution in [2.75, 3.05) is 5.75 Å². The summed E-state index contributed by atoms with van der Waals surface area (Å²) in [4.78, 5) is 0.218. The van der Waals surface area contributed by atoms with Crippen LogP contribution in [0.3, 0.4) is 0 Å². The zero-order valence-corrected chi connectivity index (χ0v) is 6.13. The maximum Gasteiger partial charge on any atom is 0.0622 e. The average molecular weight is 131 g/mol. The molecule has 8 heavy (non-hydrogen) atoms. The Hall–Kier alpha value is 0.310. The van der Waals surface area contributed by atoms with Crippen LogP contribution in [0.5, 0.6) is 0 Å². The van der Waals surface area contributed by atoms with E-state index < -0.39 is 0 Å². The molecule has 1 rings (SSSR count). The highest BCUT2D eigenvalue weighted by Gasteiger charge is 2.37. The van der Waals surface area contributed by atoms with E-state index in [1.54, 1.807) is 0 Å². The lowest BCUT2D eigenvalue weighted by Gasteiger charge is -2.04. The van der Waals surface area contributed by atoms with E-state index in [2.05, 4.69) is 6.92 Å². The molecule has 48 valence electrons. The number of rotatable bonds is 3. The first-order chi connectivity index (χ1) is 3.77. The Kier molecular flexibility index (Phi) is 1.83. The lowest BCUT2D eigenvalue weighted by molar-refractivity contribution is 0.971. The van der Waals surface area contributed by atoms with Crippen molar-refractivity contribution in [2.24, 2.45) is 5.73 Å². The van der Waals surface area contributed by atoms with Crippen molar-refractivity contribution in [3.8, 4) is 0 Å². The highest BCUT2D eigenvalue weighted by atomic mass is 32.2. The van der Waals surface area contributed by atoms with E-state index in [9.17, 15) is 0 Å². The van der Waals surface area contributed by atoms with E-state index in [1.807, 2.05) is 11.8 Å². The van der Waals surface area contributed by atoms with Crippen LogP contribution in [0.15, 0.2) is 0 Å². The third-order valence-corrected chi connectivity index (χ3v) is 2.93. The van der Waals surface area contributed by atoms with E-state index in [4.69, 9.17) is 5.73 Å². The lowest BCUT2D eigenvalue weighted by atomic mass is 10.6. The molecule has 1 aliphatic rings. The Morgan fingerprint density at radius 1 is 1.62 bits per heavy atom. The van der Waals surface area contributed by atoms with Gasteiger partial charge in [-0.3, -0.25) is 0 Å². The van der Waals surface area contributed by atoms with E-state index in [0.29, 0.717) is 0 Å². The molecular weight excluding hydrogens is 118 g/mol. The van der Waals surface area contributed by atoms with Gasteiger partial charge in [0.2, 0.25) is 0 Å². The molecule has 0 aromatic heterocycles. The minimum absolute atomic E-state index is 0.218. The highest BCUT2D eigenvalue weighted by Crippen LogP contribution is 2.43. The van der Waals surface area contributed by atoms with Gasteiger partial charge in [-0.1, -0.05) is 6.92 Å². The first-order valence-corrected chi connectivity index (χ1v) is 4.18. The fraction of sp³-hybridized carbons (Fsp3) is 1.00. The smallest absolute Gasteiger partial charge is 0.0622 e. The normalized spacial score (nSPS) is 23.2. The van der Waals surface area contributed by atoms with Gasteiger partial charge >= 0.3 is 0 Å². The molecule has 1 saturated carbocycles. The molecule has 0 atom stereocenters. The van der Waals surface area contributed by atoms with Crippen LogP contribution >= 0.6 is 11.8 Å². The maximum atomic E-state index is 5.80. The van der Waals surface area contributed by atoms with Crippen LogP contribution in [0, 0.1) is 0 Å². The Bertz CT molecular complexity index is 78.6. The molecule has 2 heteroatoms. The Morgan fingerprint density at radius 3 is 2.62 bits per heavy atom. The largest absolute Gasteiger partial charge is 0.317 e. The summed E-state index contributed by atoms with van der Waals surface area (Å²) >= 11 is 1.92. The van der Waals surface area contributed by atoms with Gasteiger partial charge in [0.15, 0.2) is 0 Å². The standard InChI is InChI=1S/C6H13NS/c1-2-5-8-6(7)3-4-6/h2-5,7H2,1H3. The van der Waals surface area contributed by atoms with Crippen molar-refractivity contribution in [3.63, 3.8) is 0 Å². The highest BCUT2D eigenvalue weighted by molar-refractivity contribution is 8.00. The van der Waals surface area contributed by atoms with Gasteiger partial charge in [-0.05, 0) is 25.0 Å². The van der Waals surface area contributed by atoms with Crippen LogP contribution in [0.4, 0.5) is 0 Å². The fourth-order valence-corrected chi connectivity index (χ4v) is 1.57. The molecule has 0 aromatic carbocycles. The van der Waals surface area contributed by atoms with Gasteiger partial charge in [0.05, 0.1) is 4.87 Å². The molecule has 0 saturated heterocycles. The monoisotopic (exact) mass is 131 g/mol. The quantitative estimate of drug-likeness (QED) is 0.588. The fourth-order valence-electron chi connectivity index (χ4n) is 0.573. The van der Waals surface area contributed by atoms with E-state index in [1.165, 1.54) is 25.0 Å². The van der Waals surface area contributed by atoms with E-state index in [-0.39, 0.29) is 4.87 Å². The number of thioether (sulfide) groups is 1. The molecule has 0 amide bonds. The van der Waals surface area contributed by atoms with Crippen molar-refractivity contribution in [1.29, 1.82) is 0 Å². The van der Waals surface area contributed by atoms with Crippen LogP contribution in [-0.2, 0) is 0 Å². The molecule has 0 heterocycles. The minimum atomic E-state index is 0.218. The van der Waals surface area contributed by atoms with Gasteiger partial charge in [0.25, 0.3) is 0 Å². The second-order valence-corrected chi connectivity index (χ2v) is 3.92. The zero-order valence-electron chi connectivity index (χ0n) is 5.31. The van der Waals surface area contributed by atoms with Gasteiger partial charge in [0.1, 0.15) is 0 Å². The van der Waals surface area contributed by atoms with Crippen molar-refractivity contribution < 1.29 is 0 Å². The van der Waals surface area contributed by atoms with Gasteiger partial charge in [0, 0.05) is 0 Å². The Morgan fingerprint density at radius 2 is 2.25 bits per heavy atom. The zero-order chi connectivity index (χ0) is 6.04. The van der Waals surface area contributed by atoms with Crippen molar-refractivity contribution in [3.05, 3.63) is 0 Å². The van der Waals surface area contributed by atoms with E-state index >= 15 is 0 Å². The van der Waals surface area contributed by atoms with E-state index in [0.717, 1.165) is 0 Å². The summed E-state index contributed by atoms with van der Waals surface area (Å²) in [6, 6.07) is 0. The predicted molar refractivity (Wildman–Crippen MR) is 38.9 cm³/mol. The van der Waals surface area contributed by atoms with Crippen LogP contribution in [0.2, 0.25) is 0 Å². The lowest BCUT2D eigenvalue weighted by Crippen LogP contribution is -2.16. The average Bonchev–Trinajstić information content (AvgIpc) is 2.45. The van der Waals surface area contributed by atoms with Crippen LogP contribution in [0.1, 0.15) is 26.2 Å². The molecule has 1 aliphatic carbocycles. The molecule has 2 N–H and O–H groups in total. The van der Waals surface area contributed by atoms with Gasteiger partial charge < -0.3 is 5.73 Å².